The predicted octanol–water partition coefficient (Wildman–Crippen LogP) is 1.24. The first-order valence-corrected chi connectivity index (χ1v) is 9.82. The van der Waals surface area contributed by atoms with Crippen LogP contribution in [-0.2, 0) is 14.4 Å². The standard InChI is InChI=1S/C21H24N2O6/c1-13-4-2-3-5-15(13)17(25)22-8-6-14(7-9-22)16(24)23-11-20(18(26)27)10-21(20,12-23)19(28)29/h2-5,14H,6-12H2,1H3,(H,26,27)(H,28,29)/t20-,21+. The van der Waals surface area contributed by atoms with Gasteiger partial charge in [-0.3, -0.25) is 19.2 Å². The molecule has 154 valence electrons. The second-order valence-electron chi connectivity index (χ2n) is 8.53. The molecule has 3 aliphatic rings. The molecule has 8 heteroatoms. The third-order valence-electron chi connectivity index (χ3n) is 6.95. The Kier molecular flexibility index (Phi) is 4.40. The zero-order valence-electron chi connectivity index (χ0n) is 16.3. The summed E-state index contributed by atoms with van der Waals surface area (Å²) in [6.45, 7) is 2.70. The van der Waals surface area contributed by atoms with Crippen LogP contribution in [0.2, 0.25) is 0 Å². The van der Waals surface area contributed by atoms with Crippen molar-refractivity contribution in [3.8, 4) is 0 Å². The van der Waals surface area contributed by atoms with Crippen LogP contribution in [0.3, 0.4) is 0 Å². The molecule has 29 heavy (non-hydrogen) atoms. The summed E-state index contributed by atoms with van der Waals surface area (Å²) in [5.74, 6) is -2.85. The maximum atomic E-state index is 12.9. The minimum Gasteiger partial charge on any atom is -0.481 e. The number of aryl methyl sites for hydroxylation is 1. The van der Waals surface area contributed by atoms with Crippen LogP contribution in [0, 0.1) is 23.7 Å². The van der Waals surface area contributed by atoms with Gasteiger partial charge in [-0.1, -0.05) is 18.2 Å². The minimum absolute atomic E-state index is 0.0458. The highest BCUT2D eigenvalue weighted by molar-refractivity contribution is 5.97. The van der Waals surface area contributed by atoms with E-state index in [9.17, 15) is 29.4 Å². The van der Waals surface area contributed by atoms with Gasteiger partial charge in [0, 0.05) is 37.7 Å². The van der Waals surface area contributed by atoms with E-state index in [0.29, 0.717) is 31.5 Å². The Labute approximate surface area is 168 Å². The second-order valence-corrected chi connectivity index (χ2v) is 8.53. The number of rotatable bonds is 4. The monoisotopic (exact) mass is 400 g/mol. The molecule has 2 heterocycles. The molecule has 4 rings (SSSR count). The van der Waals surface area contributed by atoms with Crippen molar-refractivity contribution in [1.29, 1.82) is 0 Å². The summed E-state index contributed by atoms with van der Waals surface area (Å²) in [5, 5.41) is 19.0. The number of amides is 2. The molecule has 8 nitrogen and oxygen atoms in total. The lowest BCUT2D eigenvalue weighted by atomic mass is 9.94. The molecule has 2 N–H and O–H groups in total. The van der Waals surface area contributed by atoms with Crippen molar-refractivity contribution in [3.05, 3.63) is 35.4 Å². The van der Waals surface area contributed by atoms with Gasteiger partial charge in [-0.25, -0.2) is 0 Å². The number of fused-ring (bicyclic) bond motifs is 1. The molecule has 0 bridgehead atoms. The van der Waals surface area contributed by atoms with E-state index in [2.05, 4.69) is 0 Å². The predicted molar refractivity (Wildman–Crippen MR) is 101 cm³/mol. The van der Waals surface area contributed by atoms with E-state index in [4.69, 9.17) is 0 Å². The second kappa shape index (κ2) is 6.57. The van der Waals surface area contributed by atoms with Gasteiger partial charge in [-0.05, 0) is 37.8 Å². The summed E-state index contributed by atoms with van der Waals surface area (Å²) in [4.78, 5) is 52.1. The normalized spacial score (nSPS) is 28.7. The molecular formula is C21H24N2O6. The molecule has 0 aromatic heterocycles. The van der Waals surface area contributed by atoms with Crippen molar-refractivity contribution >= 4 is 23.8 Å². The SMILES string of the molecule is Cc1ccccc1C(=O)N1CCC(C(=O)N2C[C@@]3(C(=O)O)C[C@@]3(C(=O)O)C2)CC1. The summed E-state index contributed by atoms with van der Waals surface area (Å²) >= 11 is 0. The van der Waals surface area contributed by atoms with Crippen molar-refractivity contribution < 1.29 is 29.4 Å². The molecule has 1 aromatic rings. The summed E-state index contributed by atoms with van der Waals surface area (Å²) in [6, 6.07) is 7.39. The summed E-state index contributed by atoms with van der Waals surface area (Å²) in [5.41, 5.74) is -1.14. The Morgan fingerprint density at radius 3 is 2.00 bits per heavy atom. The highest BCUT2D eigenvalue weighted by Gasteiger charge is 2.81. The average molecular weight is 400 g/mol. The van der Waals surface area contributed by atoms with E-state index in [1.165, 1.54) is 4.90 Å². The number of carbonyl (C=O) groups is 4. The molecule has 1 aromatic carbocycles. The Morgan fingerprint density at radius 2 is 1.48 bits per heavy atom. The molecule has 2 saturated heterocycles. The third kappa shape index (κ3) is 2.81. The number of nitrogens with zero attached hydrogens (tertiary/aromatic N) is 2. The van der Waals surface area contributed by atoms with Crippen LogP contribution in [0.4, 0.5) is 0 Å². The van der Waals surface area contributed by atoms with Crippen LogP contribution < -0.4 is 0 Å². The fourth-order valence-electron chi connectivity index (χ4n) is 5.02. The van der Waals surface area contributed by atoms with Crippen LogP contribution in [0.5, 0.6) is 0 Å². The lowest BCUT2D eigenvalue weighted by Gasteiger charge is -2.34. The van der Waals surface area contributed by atoms with Gasteiger partial charge in [-0.15, -0.1) is 0 Å². The van der Waals surface area contributed by atoms with Crippen molar-refractivity contribution in [3.63, 3.8) is 0 Å². The number of piperidine rings is 2. The number of hydrogen-bond acceptors (Lipinski definition) is 4. The van der Waals surface area contributed by atoms with Gasteiger partial charge in [0.05, 0.1) is 0 Å². The van der Waals surface area contributed by atoms with Gasteiger partial charge in [0.2, 0.25) is 5.91 Å². The molecule has 0 radical (unpaired) electrons. The first-order valence-electron chi connectivity index (χ1n) is 9.82. The quantitative estimate of drug-likeness (QED) is 0.786. The Morgan fingerprint density at radius 1 is 0.931 bits per heavy atom. The fraction of sp³-hybridized carbons (Fsp3) is 0.524. The van der Waals surface area contributed by atoms with Crippen molar-refractivity contribution in [2.75, 3.05) is 26.2 Å². The first-order chi connectivity index (χ1) is 13.7. The van der Waals surface area contributed by atoms with Gasteiger partial charge < -0.3 is 20.0 Å². The zero-order chi connectivity index (χ0) is 21.0. The highest BCUT2D eigenvalue weighted by atomic mass is 16.4. The van der Waals surface area contributed by atoms with Crippen molar-refractivity contribution in [2.24, 2.45) is 16.7 Å². The molecule has 0 unspecified atom stereocenters. The number of carboxylic acid groups (broad SMARTS) is 2. The molecular weight excluding hydrogens is 376 g/mol. The van der Waals surface area contributed by atoms with Crippen LogP contribution in [0.1, 0.15) is 35.2 Å². The lowest BCUT2D eigenvalue weighted by molar-refractivity contribution is -0.151. The largest absolute Gasteiger partial charge is 0.481 e. The zero-order valence-corrected chi connectivity index (χ0v) is 16.3. The van der Waals surface area contributed by atoms with E-state index in [1.807, 2.05) is 25.1 Å². The van der Waals surface area contributed by atoms with Crippen molar-refractivity contribution in [2.45, 2.75) is 26.2 Å². The third-order valence-corrected chi connectivity index (χ3v) is 6.95. The Balaban J connectivity index is 1.39. The molecule has 3 fully saturated rings. The van der Waals surface area contributed by atoms with E-state index in [1.54, 1.807) is 11.0 Å². The summed E-state index contributed by atoms with van der Waals surface area (Å²) < 4.78 is 0. The molecule has 2 aliphatic heterocycles. The van der Waals surface area contributed by atoms with E-state index in [-0.39, 0.29) is 37.2 Å². The fourth-order valence-corrected chi connectivity index (χ4v) is 5.02. The molecule has 2 atom stereocenters. The molecule has 0 spiro atoms. The number of likely N-dealkylation sites (tertiary alicyclic amines) is 2. The summed E-state index contributed by atoms with van der Waals surface area (Å²) in [7, 11) is 0. The van der Waals surface area contributed by atoms with Crippen LogP contribution >= 0.6 is 0 Å². The lowest BCUT2D eigenvalue weighted by Crippen LogP contribution is -2.45. The van der Waals surface area contributed by atoms with Crippen molar-refractivity contribution in [1.82, 2.24) is 9.80 Å². The van der Waals surface area contributed by atoms with Gasteiger partial charge in [0.25, 0.3) is 5.91 Å². The van der Waals surface area contributed by atoms with Crippen LogP contribution in [0.15, 0.2) is 24.3 Å². The number of benzene rings is 1. The topological polar surface area (TPSA) is 115 Å². The summed E-state index contributed by atoms with van der Waals surface area (Å²) in [6.07, 6.45) is 1.07. The maximum Gasteiger partial charge on any atom is 0.312 e. The molecule has 1 saturated carbocycles. The van der Waals surface area contributed by atoms with E-state index < -0.39 is 22.8 Å². The average Bonchev–Trinajstić information content (AvgIpc) is 3.25. The smallest absolute Gasteiger partial charge is 0.312 e. The number of hydrogen-bond donors (Lipinski definition) is 2. The Bertz CT molecular complexity index is 878. The van der Waals surface area contributed by atoms with Crippen LogP contribution in [0.25, 0.3) is 0 Å². The number of carbonyl (C=O) groups excluding carboxylic acids is 2. The Hall–Kier alpha value is -2.90. The van der Waals surface area contributed by atoms with Gasteiger partial charge >= 0.3 is 11.9 Å². The number of aliphatic carboxylic acids is 2. The molecule has 1 aliphatic carbocycles. The minimum atomic E-state index is -1.35. The highest BCUT2D eigenvalue weighted by Crippen LogP contribution is 2.68. The molecule has 2 amide bonds. The maximum absolute atomic E-state index is 12.9. The van der Waals surface area contributed by atoms with Gasteiger partial charge in [-0.2, -0.15) is 0 Å². The van der Waals surface area contributed by atoms with Gasteiger partial charge in [0.15, 0.2) is 0 Å². The number of carboxylic acids is 2. The van der Waals surface area contributed by atoms with E-state index >= 15 is 0 Å². The first kappa shape index (κ1) is 19.4. The van der Waals surface area contributed by atoms with E-state index in [0.717, 1.165) is 5.56 Å². The van der Waals surface area contributed by atoms with Crippen LogP contribution in [-0.4, -0.2) is 69.9 Å². The van der Waals surface area contributed by atoms with Gasteiger partial charge in [0.1, 0.15) is 10.8 Å².